The summed E-state index contributed by atoms with van der Waals surface area (Å²) in [5.41, 5.74) is 12.1. The van der Waals surface area contributed by atoms with Gasteiger partial charge in [-0.2, -0.15) is 9.61 Å². The maximum atomic E-state index is 13.0. The lowest BCUT2D eigenvalue weighted by Crippen LogP contribution is -2.35. The lowest BCUT2D eigenvalue weighted by Gasteiger charge is -2.12. The topological polar surface area (TPSA) is 176 Å². The number of carbonyl (C=O) groups excluding carboxylic acids is 1. The Bertz CT molecular complexity index is 1350. The van der Waals surface area contributed by atoms with Crippen molar-refractivity contribution in [2.24, 2.45) is 11.5 Å². The van der Waals surface area contributed by atoms with Crippen molar-refractivity contribution < 1.29 is 14.3 Å². The molecule has 0 saturated carbocycles. The van der Waals surface area contributed by atoms with Crippen molar-refractivity contribution in [1.82, 2.24) is 24.5 Å². The quantitative estimate of drug-likeness (QED) is 0.224. The summed E-state index contributed by atoms with van der Waals surface area (Å²) < 4.78 is 13.0. The third-order valence-electron chi connectivity index (χ3n) is 5.38. The molecular weight excluding hydrogens is 454 g/mol. The summed E-state index contributed by atoms with van der Waals surface area (Å²) in [7, 11) is 3.14. The van der Waals surface area contributed by atoms with Crippen molar-refractivity contribution in [3.05, 3.63) is 64.5 Å². The van der Waals surface area contributed by atoms with Crippen LogP contribution >= 0.6 is 0 Å². The second-order valence-electron chi connectivity index (χ2n) is 7.69. The van der Waals surface area contributed by atoms with Crippen LogP contribution in [0.25, 0.3) is 11.5 Å². The maximum Gasteiger partial charge on any atom is 0.279 e. The van der Waals surface area contributed by atoms with E-state index in [1.807, 2.05) is 0 Å². The van der Waals surface area contributed by atoms with E-state index in [0.717, 1.165) is 6.42 Å². The van der Waals surface area contributed by atoms with E-state index in [0.29, 0.717) is 36.1 Å². The second-order valence-corrected chi connectivity index (χ2v) is 7.69. The first-order valence-electron chi connectivity index (χ1n) is 10.8. The molecule has 0 spiro atoms. The molecule has 1 unspecified atom stereocenters. The van der Waals surface area contributed by atoms with Crippen LogP contribution in [-0.4, -0.2) is 58.5 Å². The zero-order valence-corrected chi connectivity index (χ0v) is 19.3. The molecule has 3 aromatic heterocycles. The lowest BCUT2D eigenvalue weighted by atomic mass is 10.2. The number of allylic oxidation sites excluding steroid dienone is 2. The van der Waals surface area contributed by atoms with Gasteiger partial charge in [-0.15, -0.1) is 0 Å². The normalized spacial score (nSPS) is 16.3. The molecule has 1 atom stereocenters. The molecule has 1 aliphatic rings. The van der Waals surface area contributed by atoms with Crippen molar-refractivity contribution in [2.75, 3.05) is 38.0 Å². The van der Waals surface area contributed by atoms with Gasteiger partial charge in [0.05, 0.1) is 26.0 Å². The summed E-state index contributed by atoms with van der Waals surface area (Å²) in [5, 5.41) is 13.3. The number of nitrogens with two attached hydrogens (primary N) is 2. The maximum absolute atomic E-state index is 13.0. The molecule has 0 aliphatic carbocycles. The molecule has 0 radical (unpaired) electrons. The van der Waals surface area contributed by atoms with Gasteiger partial charge in [0.25, 0.3) is 11.5 Å². The number of anilines is 3. The van der Waals surface area contributed by atoms with Gasteiger partial charge in [-0.05, 0) is 24.6 Å². The highest BCUT2D eigenvalue weighted by Gasteiger charge is 2.22. The number of ether oxygens (including phenoxy) is 2. The van der Waals surface area contributed by atoms with Crippen LogP contribution in [0.5, 0.6) is 0 Å². The molecule has 4 rings (SSSR count). The van der Waals surface area contributed by atoms with Gasteiger partial charge in [0.15, 0.2) is 11.5 Å². The van der Waals surface area contributed by atoms with E-state index in [2.05, 4.69) is 26.0 Å². The Hall–Kier alpha value is -4.52. The number of methoxy groups -OCH3 is 1. The van der Waals surface area contributed by atoms with Crippen molar-refractivity contribution >= 4 is 34.7 Å². The molecule has 1 saturated heterocycles. The summed E-state index contributed by atoms with van der Waals surface area (Å²) in [6.07, 6.45) is 6.63. The summed E-state index contributed by atoms with van der Waals surface area (Å²) in [5.74, 6) is 0.890. The molecule has 13 heteroatoms. The van der Waals surface area contributed by atoms with Crippen molar-refractivity contribution in [2.45, 2.75) is 12.5 Å². The van der Waals surface area contributed by atoms with Crippen LogP contribution in [0.1, 0.15) is 16.8 Å². The van der Waals surface area contributed by atoms with Crippen LogP contribution in [-0.2, 0) is 9.47 Å². The number of nitrogens with zero attached hydrogens (tertiary/aromatic N) is 4. The summed E-state index contributed by atoms with van der Waals surface area (Å²) in [6, 6.07) is 4.87. The molecular formula is C22H27N9O4. The van der Waals surface area contributed by atoms with E-state index in [1.165, 1.54) is 40.7 Å². The number of rotatable bonds is 8. The highest BCUT2D eigenvalue weighted by atomic mass is 16.5. The van der Waals surface area contributed by atoms with Gasteiger partial charge in [0.1, 0.15) is 28.7 Å². The number of nitrogens with one attached hydrogen (secondary N) is 3. The number of pyridine rings is 1. The van der Waals surface area contributed by atoms with E-state index in [1.54, 1.807) is 25.2 Å². The minimum absolute atomic E-state index is 0.0575. The van der Waals surface area contributed by atoms with Crippen LogP contribution in [0.3, 0.4) is 0 Å². The minimum atomic E-state index is -0.411. The third-order valence-corrected chi connectivity index (χ3v) is 5.38. The molecule has 3 aromatic rings. The number of carbonyl (C=O) groups is 1. The molecule has 1 fully saturated rings. The Morgan fingerprint density at radius 2 is 2.17 bits per heavy atom. The molecule has 13 nitrogen and oxygen atoms in total. The van der Waals surface area contributed by atoms with E-state index in [4.69, 9.17) is 20.9 Å². The largest absolute Gasteiger partial charge is 0.483 e. The smallest absolute Gasteiger partial charge is 0.279 e. The average Bonchev–Trinajstić information content (AvgIpc) is 3.53. The number of aromatic nitrogens is 4. The Morgan fingerprint density at radius 1 is 1.34 bits per heavy atom. The number of hydrogen-bond donors (Lipinski definition) is 5. The van der Waals surface area contributed by atoms with E-state index in [-0.39, 0.29) is 29.3 Å². The molecule has 0 bridgehead atoms. The molecule has 1 amide bonds. The van der Waals surface area contributed by atoms with Crippen LogP contribution < -0.4 is 33.0 Å². The molecule has 4 heterocycles. The van der Waals surface area contributed by atoms with Gasteiger partial charge in [0, 0.05) is 32.0 Å². The lowest BCUT2D eigenvalue weighted by molar-refractivity contribution is 0.0931. The van der Waals surface area contributed by atoms with Gasteiger partial charge in [-0.3, -0.25) is 14.2 Å². The standard InChI is InChI=1S/C22H27N9O4/c1-25-19-10-18(28-15-4-3-8-30(22(15)33)16(23)5-6-17(24)34-2)29-20-14(11-26-31(19)20)21(32)27-13-7-9-35-12-13/h3-6,8,10-11,13,25H,7,9,12,23-24H2,1-2H3,(H,27,32)(H,28,29)/b16-5+,17-6+. The average molecular weight is 482 g/mol. The molecule has 7 N–H and O–H groups in total. The summed E-state index contributed by atoms with van der Waals surface area (Å²) in [6.45, 7) is 1.08. The van der Waals surface area contributed by atoms with Crippen molar-refractivity contribution in [1.29, 1.82) is 0 Å². The van der Waals surface area contributed by atoms with Gasteiger partial charge in [-0.25, -0.2) is 4.98 Å². The fourth-order valence-corrected chi connectivity index (χ4v) is 3.52. The fraction of sp³-hybridized carbons (Fsp3) is 0.273. The Balaban J connectivity index is 1.67. The van der Waals surface area contributed by atoms with E-state index in [9.17, 15) is 9.59 Å². The Morgan fingerprint density at radius 3 is 2.89 bits per heavy atom. The predicted molar refractivity (Wildman–Crippen MR) is 131 cm³/mol. The number of hydrogen-bond acceptors (Lipinski definition) is 10. The molecule has 0 aromatic carbocycles. The van der Waals surface area contributed by atoms with E-state index < -0.39 is 5.56 Å². The molecule has 184 valence electrons. The third kappa shape index (κ3) is 5.04. The minimum Gasteiger partial charge on any atom is -0.483 e. The Kier molecular flexibility index (Phi) is 6.87. The fourth-order valence-electron chi connectivity index (χ4n) is 3.52. The van der Waals surface area contributed by atoms with E-state index >= 15 is 0 Å². The van der Waals surface area contributed by atoms with Crippen molar-refractivity contribution in [3.8, 4) is 0 Å². The van der Waals surface area contributed by atoms with Gasteiger partial charge in [-0.1, -0.05) is 0 Å². The zero-order valence-electron chi connectivity index (χ0n) is 19.3. The van der Waals surface area contributed by atoms with Gasteiger partial charge >= 0.3 is 0 Å². The first-order chi connectivity index (χ1) is 16.9. The van der Waals surface area contributed by atoms with Gasteiger partial charge < -0.3 is 36.9 Å². The summed E-state index contributed by atoms with van der Waals surface area (Å²) >= 11 is 0. The van der Waals surface area contributed by atoms with Crippen LogP contribution in [0.4, 0.5) is 17.3 Å². The predicted octanol–water partition coefficient (Wildman–Crippen LogP) is 0.399. The molecule has 1 aliphatic heterocycles. The Labute approximate surface area is 200 Å². The SMILES string of the molecule is CNc1cc(Nc2cccn(/C(N)=C/C=C(\N)OC)c2=O)nc2c(C(=O)NC3CCOC3)cnn12. The second kappa shape index (κ2) is 10.2. The highest BCUT2D eigenvalue weighted by molar-refractivity contribution is 6.00. The first kappa shape index (κ1) is 23.6. The molecule has 35 heavy (non-hydrogen) atoms. The van der Waals surface area contributed by atoms with Crippen LogP contribution in [0, 0.1) is 0 Å². The summed E-state index contributed by atoms with van der Waals surface area (Å²) in [4.78, 5) is 30.4. The zero-order chi connectivity index (χ0) is 24.9. The van der Waals surface area contributed by atoms with Crippen molar-refractivity contribution in [3.63, 3.8) is 0 Å². The highest BCUT2D eigenvalue weighted by Crippen LogP contribution is 2.21. The van der Waals surface area contributed by atoms with Crippen LogP contribution in [0.15, 0.2) is 53.4 Å². The number of fused-ring (bicyclic) bond motifs is 1. The first-order valence-corrected chi connectivity index (χ1v) is 10.8. The number of amides is 1. The van der Waals surface area contributed by atoms with Gasteiger partial charge in [0.2, 0.25) is 0 Å². The monoisotopic (exact) mass is 481 g/mol. The van der Waals surface area contributed by atoms with Crippen LogP contribution in [0.2, 0.25) is 0 Å².